The largest absolute Gasteiger partial charge is 0.491 e. The minimum absolute atomic E-state index is 0.131. The lowest BCUT2D eigenvalue weighted by atomic mass is 10.1. The first-order valence-corrected chi connectivity index (χ1v) is 6.81. The van der Waals surface area contributed by atoms with E-state index in [-0.39, 0.29) is 12.6 Å². The molecule has 0 aliphatic carbocycles. The maximum Gasteiger partial charge on any atom is 0.319 e. The zero-order chi connectivity index (χ0) is 15.2. The first-order chi connectivity index (χ1) is 9.38. The standard InChI is InChI=1S/C15H24N2O3/c1-5-8-20-13-9-11(2)6-7-12(13)16-14(19)17-15(3,4)10-18/h6-7,9,18H,5,8,10H2,1-4H3,(H2,16,17,19). The third-order valence-corrected chi connectivity index (χ3v) is 2.69. The molecule has 0 unspecified atom stereocenters. The summed E-state index contributed by atoms with van der Waals surface area (Å²) < 4.78 is 5.63. The highest BCUT2D eigenvalue weighted by Crippen LogP contribution is 2.26. The summed E-state index contributed by atoms with van der Waals surface area (Å²) in [5.74, 6) is 0.656. The Morgan fingerprint density at radius 1 is 1.40 bits per heavy atom. The fraction of sp³-hybridized carbons (Fsp3) is 0.533. The summed E-state index contributed by atoms with van der Waals surface area (Å²) in [5.41, 5.74) is 1.02. The molecule has 1 rings (SSSR count). The highest BCUT2D eigenvalue weighted by molar-refractivity contribution is 5.91. The van der Waals surface area contributed by atoms with Crippen LogP contribution in [0.4, 0.5) is 10.5 Å². The number of aryl methyl sites for hydroxylation is 1. The summed E-state index contributed by atoms with van der Waals surface area (Å²) in [6.45, 7) is 7.96. The Morgan fingerprint density at radius 3 is 2.70 bits per heavy atom. The SMILES string of the molecule is CCCOc1cc(C)ccc1NC(=O)NC(C)(C)CO. The topological polar surface area (TPSA) is 70.6 Å². The highest BCUT2D eigenvalue weighted by atomic mass is 16.5. The number of benzene rings is 1. The van der Waals surface area contributed by atoms with Gasteiger partial charge < -0.3 is 20.5 Å². The molecule has 1 aromatic carbocycles. The number of carbonyl (C=O) groups is 1. The molecule has 5 heteroatoms. The van der Waals surface area contributed by atoms with Crippen LogP contribution in [0, 0.1) is 6.92 Å². The Bertz CT molecular complexity index is 458. The van der Waals surface area contributed by atoms with Crippen molar-refractivity contribution in [3.8, 4) is 5.75 Å². The summed E-state index contributed by atoms with van der Waals surface area (Å²) in [6.07, 6.45) is 0.900. The number of aliphatic hydroxyl groups excluding tert-OH is 1. The van der Waals surface area contributed by atoms with Gasteiger partial charge in [0.2, 0.25) is 0 Å². The summed E-state index contributed by atoms with van der Waals surface area (Å²) in [6, 6.07) is 5.24. The average molecular weight is 280 g/mol. The van der Waals surface area contributed by atoms with E-state index in [2.05, 4.69) is 10.6 Å². The van der Waals surface area contributed by atoms with E-state index in [9.17, 15) is 4.79 Å². The molecule has 0 fully saturated rings. The van der Waals surface area contributed by atoms with Gasteiger partial charge in [0.15, 0.2) is 0 Å². The van der Waals surface area contributed by atoms with E-state index in [0.717, 1.165) is 12.0 Å². The molecule has 0 radical (unpaired) electrons. The molecule has 20 heavy (non-hydrogen) atoms. The van der Waals surface area contributed by atoms with Gasteiger partial charge in [-0.05, 0) is 44.9 Å². The van der Waals surface area contributed by atoms with E-state index in [0.29, 0.717) is 18.0 Å². The van der Waals surface area contributed by atoms with E-state index >= 15 is 0 Å². The van der Waals surface area contributed by atoms with Gasteiger partial charge in [0, 0.05) is 0 Å². The number of ether oxygens (including phenoxy) is 1. The Hall–Kier alpha value is -1.75. The third kappa shape index (κ3) is 5.09. The molecule has 0 heterocycles. The lowest BCUT2D eigenvalue weighted by Gasteiger charge is -2.24. The van der Waals surface area contributed by atoms with Crippen molar-refractivity contribution in [3.05, 3.63) is 23.8 Å². The smallest absolute Gasteiger partial charge is 0.319 e. The number of carbonyl (C=O) groups excluding carboxylic acids is 1. The summed E-state index contributed by atoms with van der Waals surface area (Å²) in [4.78, 5) is 11.9. The predicted octanol–water partition coefficient (Wildman–Crippen LogP) is 2.68. The molecule has 0 saturated carbocycles. The second-order valence-corrected chi connectivity index (χ2v) is 5.47. The molecule has 112 valence electrons. The second-order valence-electron chi connectivity index (χ2n) is 5.47. The van der Waals surface area contributed by atoms with Crippen LogP contribution in [-0.4, -0.2) is 29.9 Å². The van der Waals surface area contributed by atoms with E-state index in [1.807, 2.05) is 32.0 Å². The van der Waals surface area contributed by atoms with Crippen LogP contribution in [0.1, 0.15) is 32.8 Å². The predicted molar refractivity (Wildman–Crippen MR) is 80.3 cm³/mol. The third-order valence-electron chi connectivity index (χ3n) is 2.69. The van der Waals surface area contributed by atoms with E-state index in [1.165, 1.54) is 0 Å². The van der Waals surface area contributed by atoms with Crippen LogP contribution in [0.25, 0.3) is 0 Å². The first-order valence-electron chi connectivity index (χ1n) is 6.81. The number of nitrogens with one attached hydrogen (secondary N) is 2. The average Bonchev–Trinajstić information content (AvgIpc) is 2.38. The van der Waals surface area contributed by atoms with Gasteiger partial charge in [0.1, 0.15) is 5.75 Å². The number of amides is 2. The van der Waals surface area contributed by atoms with Gasteiger partial charge >= 0.3 is 6.03 Å². The number of hydrogen-bond donors (Lipinski definition) is 3. The Labute approximate surface area is 120 Å². The van der Waals surface area contributed by atoms with E-state index in [1.54, 1.807) is 13.8 Å². The van der Waals surface area contributed by atoms with Crippen molar-refractivity contribution in [3.63, 3.8) is 0 Å². The van der Waals surface area contributed by atoms with Gasteiger partial charge in [-0.15, -0.1) is 0 Å². The van der Waals surface area contributed by atoms with Crippen LogP contribution in [0.2, 0.25) is 0 Å². The number of anilines is 1. The minimum Gasteiger partial charge on any atom is -0.491 e. The lowest BCUT2D eigenvalue weighted by Crippen LogP contribution is -2.48. The van der Waals surface area contributed by atoms with Gasteiger partial charge in [-0.25, -0.2) is 4.79 Å². The molecule has 0 bridgehead atoms. The van der Waals surface area contributed by atoms with E-state index in [4.69, 9.17) is 9.84 Å². The molecular formula is C15H24N2O3. The maximum absolute atomic E-state index is 11.9. The molecule has 0 saturated heterocycles. The molecule has 2 amide bonds. The fourth-order valence-electron chi connectivity index (χ4n) is 1.56. The van der Waals surface area contributed by atoms with Crippen LogP contribution < -0.4 is 15.4 Å². The normalized spacial score (nSPS) is 11.1. The van der Waals surface area contributed by atoms with Crippen molar-refractivity contribution in [2.75, 3.05) is 18.5 Å². The molecule has 0 aliphatic rings. The van der Waals surface area contributed by atoms with Crippen LogP contribution in [0.15, 0.2) is 18.2 Å². The highest BCUT2D eigenvalue weighted by Gasteiger charge is 2.19. The molecule has 0 aliphatic heterocycles. The monoisotopic (exact) mass is 280 g/mol. The Morgan fingerprint density at radius 2 is 2.10 bits per heavy atom. The molecule has 3 N–H and O–H groups in total. The van der Waals surface area contributed by atoms with Crippen molar-refractivity contribution in [2.24, 2.45) is 0 Å². The molecule has 5 nitrogen and oxygen atoms in total. The van der Waals surface area contributed by atoms with Crippen molar-refractivity contribution in [2.45, 2.75) is 39.7 Å². The molecular weight excluding hydrogens is 256 g/mol. The molecule has 1 aromatic rings. The van der Waals surface area contributed by atoms with Gasteiger partial charge in [0.05, 0.1) is 24.4 Å². The number of aliphatic hydroxyl groups is 1. The maximum atomic E-state index is 11.9. The first kappa shape index (κ1) is 16.3. The quantitative estimate of drug-likeness (QED) is 0.750. The van der Waals surface area contributed by atoms with Crippen LogP contribution in [0.3, 0.4) is 0 Å². The second kappa shape index (κ2) is 7.14. The van der Waals surface area contributed by atoms with Gasteiger partial charge in [0.25, 0.3) is 0 Å². The number of urea groups is 1. The van der Waals surface area contributed by atoms with Crippen molar-refractivity contribution in [1.82, 2.24) is 5.32 Å². The summed E-state index contributed by atoms with van der Waals surface area (Å²) >= 11 is 0. The van der Waals surface area contributed by atoms with Crippen LogP contribution >= 0.6 is 0 Å². The van der Waals surface area contributed by atoms with Gasteiger partial charge in [-0.3, -0.25) is 0 Å². The van der Waals surface area contributed by atoms with Crippen LogP contribution in [-0.2, 0) is 0 Å². The lowest BCUT2D eigenvalue weighted by molar-refractivity contribution is 0.187. The Kier molecular flexibility index (Phi) is 5.82. The summed E-state index contributed by atoms with van der Waals surface area (Å²) in [5, 5.41) is 14.6. The zero-order valence-corrected chi connectivity index (χ0v) is 12.6. The van der Waals surface area contributed by atoms with Gasteiger partial charge in [-0.2, -0.15) is 0 Å². The molecule has 0 atom stereocenters. The number of rotatable bonds is 6. The Balaban J connectivity index is 2.78. The van der Waals surface area contributed by atoms with Crippen molar-refractivity contribution in [1.29, 1.82) is 0 Å². The van der Waals surface area contributed by atoms with Crippen LogP contribution in [0.5, 0.6) is 5.75 Å². The zero-order valence-electron chi connectivity index (χ0n) is 12.6. The van der Waals surface area contributed by atoms with Crippen molar-refractivity contribution >= 4 is 11.7 Å². The fourth-order valence-corrected chi connectivity index (χ4v) is 1.56. The van der Waals surface area contributed by atoms with Crippen molar-refractivity contribution < 1.29 is 14.6 Å². The summed E-state index contributed by atoms with van der Waals surface area (Å²) in [7, 11) is 0. The van der Waals surface area contributed by atoms with Gasteiger partial charge in [-0.1, -0.05) is 13.0 Å². The van der Waals surface area contributed by atoms with E-state index < -0.39 is 5.54 Å². The minimum atomic E-state index is -0.667. The molecule has 0 aromatic heterocycles. The number of hydrogen-bond acceptors (Lipinski definition) is 3. The molecule has 0 spiro atoms.